The molecule has 3 amide bonds. The Morgan fingerprint density at radius 1 is 1.33 bits per heavy atom. The Hall–Kier alpha value is -1.64. The molecule has 0 saturated carbocycles. The molecule has 0 aromatic carbocycles. The van der Waals surface area contributed by atoms with Gasteiger partial charge in [0.05, 0.1) is 18.4 Å². The van der Waals surface area contributed by atoms with Crippen LogP contribution in [0.15, 0.2) is 0 Å². The summed E-state index contributed by atoms with van der Waals surface area (Å²) in [5.74, 6) is -2.89. The van der Waals surface area contributed by atoms with Crippen molar-refractivity contribution in [2.45, 2.75) is 37.5 Å². The molecule has 0 aromatic rings. The van der Waals surface area contributed by atoms with Crippen LogP contribution in [0, 0.1) is 5.92 Å². The van der Waals surface area contributed by atoms with Crippen LogP contribution in [0.1, 0.15) is 19.3 Å². The Kier molecular flexibility index (Phi) is 4.22. The maximum absolute atomic E-state index is 12.5. The van der Waals surface area contributed by atoms with E-state index in [0.29, 0.717) is 0 Å². The van der Waals surface area contributed by atoms with E-state index < -0.39 is 36.0 Å². The highest BCUT2D eigenvalue weighted by Crippen LogP contribution is 2.31. The summed E-state index contributed by atoms with van der Waals surface area (Å²) in [5.41, 5.74) is 0. The van der Waals surface area contributed by atoms with Gasteiger partial charge in [-0.1, -0.05) is 0 Å². The van der Waals surface area contributed by atoms with Crippen LogP contribution < -0.4 is 10.6 Å². The highest BCUT2D eigenvalue weighted by molar-refractivity contribution is 6.06. The van der Waals surface area contributed by atoms with Crippen LogP contribution in [0.2, 0.25) is 0 Å². The normalized spacial score (nSPS) is 30.7. The fraction of sp³-hybridized carbons (Fsp3) is 0.750. The number of hydrogen-bond acceptors (Lipinski definition) is 4. The third-order valence-corrected chi connectivity index (χ3v) is 3.89. The van der Waals surface area contributed by atoms with E-state index in [4.69, 9.17) is 0 Å². The van der Waals surface area contributed by atoms with Crippen molar-refractivity contribution < 1.29 is 27.6 Å². The molecule has 2 N–H and O–H groups in total. The zero-order valence-electron chi connectivity index (χ0n) is 11.4. The summed E-state index contributed by atoms with van der Waals surface area (Å²) in [6, 6.07) is -1.69. The fourth-order valence-corrected chi connectivity index (χ4v) is 2.50. The van der Waals surface area contributed by atoms with Crippen molar-refractivity contribution in [2.75, 3.05) is 13.6 Å². The molecular formula is C12H16F3N3O3. The largest absolute Gasteiger partial charge is 0.393 e. The number of carbonyl (C=O) groups is 3. The summed E-state index contributed by atoms with van der Waals surface area (Å²) in [6.07, 6.45) is -4.48. The number of likely N-dealkylation sites (tertiary alicyclic amines) is 1. The van der Waals surface area contributed by atoms with Crippen molar-refractivity contribution in [1.29, 1.82) is 0 Å². The van der Waals surface area contributed by atoms with Crippen LogP contribution in [0.5, 0.6) is 0 Å². The number of likely N-dealkylation sites (N-methyl/N-ethyl adjacent to an activating group) is 1. The monoisotopic (exact) mass is 307 g/mol. The lowest BCUT2D eigenvalue weighted by molar-refractivity contribution is -0.180. The number of carbonyl (C=O) groups excluding carboxylic acids is 3. The van der Waals surface area contributed by atoms with E-state index in [2.05, 4.69) is 10.6 Å². The Balaban J connectivity index is 1.86. The number of amides is 3. The predicted molar refractivity (Wildman–Crippen MR) is 64.9 cm³/mol. The quantitative estimate of drug-likeness (QED) is 0.692. The SMILES string of the molecule is CN1C(=O)CC(NC(=O)C2CCC(C(F)(F)F)CN2)C1=O. The highest BCUT2D eigenvalue weighted by atomic mass is 19.4. The van der Waals surface area contributed by atoms with Gasteiger partial charge in [0.2, 0.25) is 11.8 Å². The molecule has 2 heterocycles. The molecule has 6 nitrogen and oxygen atoms in total. The third kappa shape index (κ3) is 3.34. The minimum Gasteiger partial charge on any atom is -0.342 e. The molecule has 2 saturated heterocycles. The smallest absolute Gasteiger partial charge is 0.342 e. The van der Waals surface area contributed by atoms with Gasteiger partial charge in [0.25, 0.3) is 5.91 Å². The molecular weight excluding hydrogens is 291 g/mol. The second kappa shape index (κ2) is 5.63. The van der Waals surface area contributed by atoms with Crippen LogP contribution in [0.4, 0.5) is 13.2 Å². The molecule has 9 heteroatoms. The van der Waals surface area contributed by atoms with E-state index in [9.17, 15) is 27.6 Å². The molecule has 3 atom stereocenters. The minimum absolute atomic E-state index is 0.0424. The first-order chi connectivity index (χ1) is 9.70. The topological polar surface area (TPSA) is 78.5 Å². The van der Waals surface area contributed by atoms with Gasteiger partial charge in [-0.05, 0) is 12.8 Å². The van der Waals surface area contributed by atoms with Crippen molar-refractivity contribution in [3.63, 3.8) is 0 Å². The van der Waals surface area contributed by atoms with Crippen LogP contribution in [0.3, 0.4) is 0 Å². The first kappa shape index (κ1) is 15.7. The van der Waals surface area contributed by atoms with Crippen molar-refractivity contribution in [3.05, 3.63) is 0 Å². The molecule has 0 aliphatic carbocycles. The van der Waals surface area contributed by atoms with Crippen LogP contribution in [-0.2, 0) is 14.4 Å². The van der Waals surface area contributed by atoms with Crippen molar-refractivity contribution in [2.24, 2.45) is 5.92 Å². The first-order valence-electron chi connectivity index (χ1n) is 6.61. The lowest BCUT2D eigenvalue weighted by atomic mass is 9.93. The molecule has 2 fully saturated rings. The summed E-state index contributed by atoms with van der Waals surface area (Å²) in [5, 5.41) is 4.96. The summed E-state index contributed by atoms with van der Waals surface area (Å²) in [6.45, 7) is -0.320. The number of imide groups is 1. The van der Waals surface area contributed by atoms with E-state index in [-0.39, 0.29) is 31.7 Å². The van der Waals surface area contributed by atoms with Gasteiger partial charge in [0, 0.05) is 13.6 Å². The number of alkyl halides is 3. The first-order valence-corrected chi connectivity index (χ1v) is 6.61. The van der Waals surface area contributed by atoms with E-state index in [1.165, 1.54) is 7.05 Å². The van der Waals surface area contributed by atoms with E-state index >= 15 is 0 Å². The maximum atomic E-state index is 12.5. The summed E-state index contributed by atoms with van der Waals surface area (Å²) in [7, 11) is 1.32. The highest BCUT2D eigenvalue weighted by Gasteiger charge is 2.43. The predicted octanol–water partition coefficient (Wildman–Crippen LogP) is -0.210. The van der Waals surface area contributed by atoms with Gasteiger partial charge < -0.3 is 10.6 Å². The Morgan fingerprint density at radius 2 is 2.00 bits per heavy atom. The maximum Gasteiger partial charge on any atom is 0.393 e. The molecule has 21 heavy (non-hydrogen) atoms. The van der Waals surface area contributed by atoms with E-state index in [0.717, 1.165) is 4.90 Å². The number of nitrogens with zero attached hydrogens (tertiary/aromatic N) is 1. The van der Waals surface area contributed by atoms with Crippen LogP contribution in [0.25, 0.3) is 0 Å². The Labute approximate surface area is 119 Å². The van der Waals surface area contributed by atoms with Gasteiger partial charge in [-0.15, -0.1) is 0 Å². The number of halogens is 3. The average Bonchev–Trinajstić information content (AvgIpc) is 2.65. The molecule has 2 aliphatic heterocycles. The third-order valence-electron chi connectivity index (χ3n) is 3.89. The molecule has 2 aliphatic rings. The number of hydrogen-bond donors (Lipinski definition) is 2. The second-order valence-electron chi connectivity index (χ2n) is 5.33. The minimum atomic E-state index is -4.27. The Bertz CT molecular complexity index is 458. The molecule has 0 spiro atoms. The lowest BCUT2D eigenvalue weighted by Gasteiger charge is -2.30. The summed E-state index contributed by atoms with van der Waals surface area (Å²) in [4.78, 5) is 35.8. The zero-order chi connectivity index (χ0) is 15.8. The molecule has 0 bridgehead atoms. The molecule has 3 unspecified atom stereocenters. The van der Waals surface area contributed by atoms with Gasteiger partial charge in [0.1, 0.15) is 6.04 Å². The van der Waals surface area contributed by atoms with E-state index in [1.54, 1.807) is 0 Å². The standard InChI is InChI=1S/C12H16F3N3O3/c1-18-9(19)4-8(11(18)21)17-10(20)7-3-2-6(5-16-7)12(13,14)15/h6-8,16H,2-5H2,1H3,(H,17,20). The molecule has 2 rings (SSSR count). The molecule has 0 aromatic heterocycles. The van der Waals surface area contributed by atoms with Gasteiger partial charge >= 0.3 is 6.18 Å². The zero-order valence-corrected chi connectivity index (χ0v) is 11.4. The lowest BCUT2D eigenvalue weighted by Crippen LogP contribution is -2.54. The number of nitrogens with one attached hydrogen (secondary N) is 2. The average molecular weight is 307 g/mol. The fourth-order valence-electron chi connectivity index (χ4n) is 2.50. The Morgan fingerprint density at radius 3 is 2.43 bits per heavy atom. The summed E-state index contributed by atoms with van der Waals surface area (Å²) >= 11 is 0. The molecule has 0 radical (unpaired) electrons. The van der Waals surface area contributed by atoms with E-state index in [1.807, 2.05) is 0 Å². The van der Waals surface area contributed by atoms with Gasteiger partial charge in [-0.3, -0.25) is 19.3 Å². The second-order valence-corrected chi connectivity index (χ2v) is 5.33. The van der Waals surface area contributed by atoms with Gasteiger partial charge in [-0.25, -0.2) is 0 Å². The molecule has 118 valence electrons. The van der Waals surface area contributed by atoms with Crippen molar-refractivity contribution >= 4 is 17.7 Å². The van der Waals surface area contributed by atoms with Crippen molar-refractivity contribution in [3.8, 4) is 0 Å². The van der Waals surface area contributed by atoms with Gasteiger partial charge in [-0.2, -0.15) is 13.2 Å². The van der Waals surface area contributed by atoms with Crippen LogP contribution >= 0.6 is 0 Å². The number of rotatable bonds is 2. The van der Waals surface area contributed by atoms with Gasteiger partial charge in [0.15, 0.2) is 0 Å². The van der Waals surface area contributed by atoms with Crippen LogP contribution in [-0.4, -0.2) is 54.5 Å². The van der Waals surface area contributed by atoms with Crippen molar-refractivity contribution in [1.82, 2.24) is 15.5 Å². The number of piperidine rings is 1. The summed E-state index contributed by atoms with van der Waals surface area (Å²) < 4.78 is 37.5.